The molecule has 6 heteroatoms. The van der Waals surface area contributed by atoms with Crippen LogP contribution in [-0.4, -0.2) is 36.6 Å². The lowest BCUT2D eigenvalue weighted by molar-refractivity contribution is -0.137. The van der Waals surface area contributed by atoms with Crippen molar-refractivity contribution in [3.05, 3.63) is 28.8 Å². The molecule has 0 amide bonds. The second kappa shape index (κ2) is 5.36. The summed E-state index contributed by atoms with van der Waals surface area (Å²) >= 11 is 5.70. The first kappa shape index (κ1) is 15.0. The quantitative estimate of drug-likeness (QED) is 0.771. The Balaban J connectivity index is 1.89. The number of fused-ring (bicyclic) bond motifs is 1. The minimum absolute atomic E-state index is 0.210. The lowest BCUT2D eigenvalue weighted by atomic mass is 10.1. The molecule has 21 heavy (non-hydrogen) atoms. The maximum atomic E-state index is 13.0. The Kier molecular flexibility index (Phi) is 3.82. The van der Waals surface area contributed by atoms with Crippen molar-refractivity contribution in [3.63, 3.8) is 0 Å². The molecule has 2 nitrogen and oxygen atoms in total. The van der Waals surface area contributed by atoms with E-state index < -0.39 is 11.7 Å². The summed E-state index contributed by atoms with van der Waals surface area (Å²) in [6, 6.07) is 4.91. The van der Waals surface area contributed by atoms with Crippen LogP contribution in [0.2, 0.25) is 5.02 Å². The van der Waals surface area contributed by atoms with Gasteiger partial charge in [0, 0.05) is 30.9 Å². The molecule has 2 fully saturated rings. The van der Waals surface area contributed by atoms with Crippen LogP contribution in [0.25, 0.3) is 0 Å². The van der Waals surface area contributed by atoms with Crippen molar-refractivity contribution in [3.8, 4) is 0 Å². The predicted octanol–water partition coefficient (Wildman–Crippen LogP) is 4.03. The minimum atomic E-state index is -4.41. The van der Waals surface area contributed by atoms with Crippen LogP contribution in [0.5, 0.6) is 0 Å². The molecular formula is C15H18ClF3N2. The number of hydrogen-bond donors (Lipinski definition) is 0. The van der Waals surface area contributed by atoms with Crippen molar-refractivity contribution >= 4 is 17.3 Å². The molecule has 2 saturated heterocycles. The average molecular weight is 319 g/mol. The second-order valence-corrected chi connectivity index (χ2v) is 6.36. The van der Waals surface area contributed by atoms with Crippen LogP contribution < -0.4 is 4.90 Å². The number of benzene rings is 1. The monoisotopic (exact) mass is 318 g/mol. The molecule has 2 aliphatic heterocycles. The predicted molar refractivity (Wildman–Crippen MR) is 77.9 cm³/mol. The van der Waals surface area contributed by atoms with E-state index in [1.807, 2.05) is 0 Å². The normalized spacial score (nSPS) is 27.0. The number of anilines is 1. The molecule has 0 aromatic heterocycles. The van der Waals surface area contributed by atoms with Gasteiger partial charge >= 0.3 is 6.18 Å². The Hall–Kier alpha value is -0.940. The fourth-order valence-electron chi connectivity index (χ4n) is 3.46. The third-order valence-electron chi connectivity index (χ3n) is 4.52. The van der Waals surface area contributed by atoms with Gasteiger partial charge in [0.25, 0.3) is 0 Å². The maximum absolute atomic E-state index is 13.0. The fourth-order valence-corrected chi connectivity index (χ4v) is 3.68. The Labute approximate surface area is 127 Å². The first-order valence-electron chi connectivity index (χ1n) is 7.23. The highest BCUT2D eigenvalue weighted by Gasteiger charge is 2.37. The highest BCUT2D eigenvalue weighted by molar-refractivity contribution is 6.31. The van der Waals surface area contributed by atoms with E-state index in [2.05, 4.69) is 16.7 Å². The molecule has 2 heterocycles. The molecule has 0 N–H and O–H groups in total. The summed E-state index contributed by atoms with van der Waals surface area (Å²) in [6.45, 7) is 4.88. The smallest absolute Gasteiger partial charge is 0.366 e. The number of hydrogen-bond acceptors (Lipinski definition) is 2. The van der Waals surface area contributed by atoms with Crippen LogP contribution >= 0.6 is 11.6 Å². The van der Waals surface area contributed by atoms with E-state index in [-0.39, 0.29) is 11.1 Å². The lowest BCUT2D eigenvalue weighted by Crippen LogP contribution is -2.55. The topological polar surface area (TPSA) is 6.48 Å². The van der Waals surface area contributed by atoms with Gasteiger partial charge in [-0.15, -0.1) is 0 Å². The highest BCUT2D eigenvalue weighted by Crippen LogP contribution is 2.38. The Bertz CT molecular complexity index is 532. The van der Waals surface area contributed by atoms with Crippen molar-refractivity contribution < 1.29 is 13.2 Å². The largest absolute Gasteiger partial charge is 0.417 e. The molecule has 0 bridgehead atoms. The number of piperazine rings is 1. The Morgan fingerprint density at radius 1 is 1.24 bits per heavy atom. The van der Waals surface area contributed by atoms with Gasteiger partial charge in [-0.1, -0.05) is 11.6 Å². The molecule has 1 aromatic rings. The Morgan fingerprint density at radius 2 is 2.00 bits per heavy atom. The lowest BCUT2D eigenvalue weighted by Gasteiger charge is -2.43. The zero-order valence-electron chi connectivity index (χ0n) is 11.8. The fraction of sp³-hybridized carbons (Fsp3) is 0.600. The van der Waals surface area contributed by atoms with Crippen LogP contribution in [0.4, 0.5) is 18.9 Å². The molecule has 0 aliphatic carbocycles. The van der Waals surface area contributed by atoms with E-state index in [9.17, 15) is 13.2 Å². The van der Waals surface area contributed by atoms with Gasteiger partial charge in [0.2, 0.25) is 0 Å². The molecule has 0 spiro atoms. The van der Waals surface area contributed by atoms with Crippen LogP contribution in [0.1, 0.15) is 25.3 Å². The third kappa shape index (κ3) is 2.86. The summed E-state index contributed by atoms with van der Waals surface area (Å²) in [5.41, 5.74) is -0.131. The standard InChI is InChI=1S/C15H18ClF3N2/c1-10-8-20-6-2-3-12(20)9-21(10)11-4-5-14(16)13(7-11)15(17,18)19/h4-5,7,10,12H,2-3,6,8-9H2,1H3. The minimum Gasteiger partial charge on any atom is -0.366 e. The van der Waals surface area contributed by atoms with Crippen LogP contribution in [0, 0.1) is 0 Å². The highest BCUT2D eigenvalue weighted by atomic mass is 35.5. The van der Waals surface area contributed by atoms with Crippen molar-refractivity contribution in [2.75, 3.05) is 24.5 Å². The summed E-state index contributed by atoms with van der Waals surface area (Å²) in [4.78, 5) is 4.53. The molecule has 0 radical (unpaired) electrons. The average Bonchev–Trinajstić information content (AvgIpc) is 2.84. The molecule has 1 aromatic carbocycles. The van der Waals surface area contributed by atoms with Crippen molar-refractivity contribution in [1.82, 2.24) is 4.90 Å². The van der Waals surface area contributed by atoms with Crippen molar-refractivity contribution in [2.45, 2.75) is 38.0 Å². The zero-order valence-corrected chi connectivity index (χ0v) is 12.6. The first-order chi connectivity index (χ1) is 9.86. The molecule has 3 rings (SSSR count). The van der Waals surface area contributed by atoms with Crippen LogP contribution in [0.3, 0.4) is 0 Å². The van der Waals surface area contributed by atoms with E-state index in [4.69, 9.17) is 11.6 Å². The van der Waals surface area contributed by atoms with Gasteiger partial charge in [0.15, 0.2) is 0 Å². The number of alkyl halides is 3. The van der Waals surface area contributed by atoms with Gasteiger partial charge in [-0.05, 0) is 44.5 Å². The van der Waals surface area contributed by atoms with E-state index in [0.29, 0.717) is 11.7 Å². The summed E-state index contributed by atoms with van der Waals surface area (Å²) in [6.07, 6.45) is -2.10. The number of halogens is 4. The molecule has 2 atom stereocenters. The van der Waals surface area contributed by atoms with E-state index in [1.165, 1.54) is 18.6 Å². The van der Waals surface area contributed by atoms with Gasteiger partial charge < -0.3 is 4.90 Å². The van der Waals surface area contributed by atoms with Gasteiger partial charge in [-0.3, -0.25) is 4.90 Å². The SMILES string of the molecule is CC1CN2CCCC2CN1c1ccc(Cl)c(C(F)(F)F)c1. The summed E-state index contributed by atoms with van der Waals surface area (Å²) in [7, 11) is 0. The van der Waals surface area contributed by atoms with Gasteiger partial charge in [0.1, 0.15) is 0 Å². The van der Waals surface area contributed by atoms with Gasteiger partial charge in [-0.2, -0.15) is 13.2 Å². The van der Waals surface area contributed by atoms with Gasteiger partial charge in [0.05, 0.1) is 10.6 Å². The molecular weight excluding hydrogens is 301 g/mol. The Morgan fingerprint density at radius 3 is 2.71 bits per heavy atom. The molecule has 116 valence electrons. The number of rotatable bonds is 1. The van der Waals surface area contributed by atoms with Crippen molar-refractivity contribution in [2.24, 2.45) is 0 Å². The second-order valence-electron chi connectivity index (χ2n) is 5.95. The van der Waals surface area contributed by atoms with Crippen LogP contribution in [0.15, 0.2) is 18.2 Å². The summed E-state index contributed by atoms with van der Waals surface area (Å²) in [5, 5.41) is -0.238. The van der Waals surface area contributed by atoms with E-state index >= 15 is 0 Å². The molecule has 0 saturated carbocycles. The van der Waals surface area contributed by atoms with Crippen molar-refractivity contribution in [1.29, 1.82) is 0 Å². The number of nitrogens with zero attached hydrogens (tertiary/aromatic N) is 2. The summed E-state index contributed by atoms with van der Waals surface area (Å²) in [5.74, 6) is 0. The van der Waals surface area contributed by atoms with Gasteiger partial charge in [-0.25, -0.2) is 0 Å². The summed E-state index contributed by atoms with van der Waals surface area (Å²) < 4.78 is 39.0. The first-order valence-corrected chi connectivity index (χ1v) is 7.61. The maximum Gasteiger partial charge on any atom is 0.417 e. The van der Waals surface area contributed by atoms with Crippen LogP contribution in [-0.2, 0) is 6.18 Å². The van der Waals surface area contributed by atoms with E-state index in [1.54, 1.807) is 6.07 Å². The molecule has 2 unspecified atom stereocenters. The zero-order chi connectivity index (χ0) is 15.2. The third-order valence-corrected chi connectivity index (χ3v) is 4.85. The van der Waals surface area contributed by atoms with E-state index in [0.717, 1.165) is 26.1 Å². The molecule has 2 aliphatic rings.